The van der Waals surface area contributed by atoms with E-state index in [-0.39, 0.29) is 4.90 Å². The van der Waals surface area contributed by atoms with Gasteiger partial charge in [0.1, 0.15) is 0 Å². The predicted molar refractivity (Wildman–Crippen MR) is 82.1 cm³/mol. The summed E-state index contributed by atoms with van der Waals surface area (Å²) in [6.45, 7) is 6.35. The number of benzene rings is 1. The first-order valence-corrected chi connectivity index (χ1v) is 8.74. The molecule has 1 aliphatic carbocycles. The molecule has 1 aromatic rings. The highest BCUT2D eigenvalue weighted by atomic mass is 32.2. The zero-order valence-corrected chi connectivity index (χ0v) is 13.2. The Labute approximate surface area is 121 Å². The number of anilines is 1. The number of rotatable bonds is 3. The van der Waals surface area contributed by atoms with Gasteiger partial charge in [-0.2, -0.15) is 0 Å². The van der Waals surface area contributed by atoms with Crippen LogP contribution in [0.25, 0.3) is 0 Å². The van der Waals surface area contributed by atoms with Crippen molar-refractivity contribution in [2.45, 2.75) is 51.0 Å². The predicted octanol–water partition coefficient (Wildman–Crippen LogP) is 2.88. The first kappa shape index (κ1) is 15.3. The summed E-state index contributed by atoms with van der Waals surface area (Å²) in [5.74, 6) is 1.28. The molecule has 3 N–H and O–H groups in total. The van der Waals surface area contributed by atoms with Crippen LogP contribution in [0.4, 0.5) is 5.69 Å². The zero-order valence-electron chi connectivity index (χ0n) is 12.4. The second kappa shape index (κ2) is 5.74. The molecular formula is C15H24N2O2S. The maximum absolute atomic E-state index is 11.6. The number of hydrogen-bond donors (Lipinski definition) is 2. The largest absolute Gasteiger partial charge is 0.382 e. The summed E-state index contributed by atoms with van der Waals surface area (Å²) in [4.78, 5) is 0.207. The molecule has 20 heavy (non-hydrogen) atoms. The van der Waals surface area contributed by atoms with Crippen LogP contribution in [0.1, 0.15) is 38.7 Å². The Morgan fingerprint density at radius 3 is 2.60 bits per heavy atom. The summed E-state index contributed by atoms with van der Waals surface area (Å²) in [7, 11) is -3.66. The Morgan fingerprint density at radius 2 is 1.95 bits per heavy atom. The van der Waals surface area contributed by atoms with Crippen molar-refractivity contribution in [3.63, 3.8) is 0 Å². The minimum absolute atomic E-state index is 0.207. The lowest BCUT2D eigenvalue weighted by atomic mass is 9.78. The summed E-state index contributed by atoms with van der Waals surface area (Å²) >= 11 is 0. The van der Waals surface area contributed by atoms with Gasteiger partial charge in [-0.05, 0) is 42.9 Å². The first-order valence-electron chi connectivity index (χ1n) is 7.19. The lowest BCUT2D eigenvalue weighted by Crippen LogP contribution is -2.35. The molecule has 5 heteroatoms. The molecule has 0 heterocycles. The molecule has 1 fully saturated rings. The second-order valence-electron chi connectivity index (χ2n) is 5.99. The van der Waals surface area contributed by atoms with Gasteiger partial charge in [-0.25, -0.2) is 13.6 Å². The Hall–Kier alpha value is -1.07. The van der Waals surface area contributed by atoms with Gasteiger partial charge in [0.2, 0.25) is 10.0 Å². The highest BCUT2D eigenvalue weighted by molar-refractivity contribution is 7.89. The van der Waals surface area contributed by atoms with Gasteiger partial charge in [-0.3, -0.25) is 0 Å². The fourth-order valence-corrected chi connectivity index (χ4v) is 3.87. The van der Waals surface area contributed by atoms with Gasteiger partial charge >= 0.3 is 0 Å². The van der Waals surface area contributed by atoms with Crippen molar-refractivity contribution in [3.8, 4) is 0 Å². The van der Waals surface area contributed by atoms with Crippen molar-refractivity contribution in [3.05, 3.63) is 23.8 Å². The van der Waals surface area contributed by atoms with E-state index in [2.05, 4.69) is 19.2 Å². The molecule has 1 aliphatic rings. The highest BCUT2D eigenvalue weighted by Gasteiger charge is 2.27. The molecule has 0 aliphatic heterocycles. The van der Waals surface area contributed by atoms with Gasteiger partial charge in [0.25, 0.3) is 0 Å². The van der Waals surface area contributed by atoms with Crippen molar-refractivity contribution in [2.24, 2.45) is 17.0 Å². The average molecular weight is 296 g/mol. The van der Waals surface area contributed by atoms with E-state index in [0.717, 1.165) is 12.1 Å². The van der Waals surface area contributed by atoms with E-state index in [0.29, 0.717) is 23.4 Å². The Morgan fingerprint density at radius 1 is 1.25 bits per heavy atom. The van der Waals surface area contributed by atoms with Gasteiger partial charge in [0, 0.05) is 11.7 Å². The molecular weight excluding hydrogens is 272 g/mol. The van der Waals surface area contributed by atoms with Gasteiger partial charge in [0.15, 0.2) is 0 Å². The highest BCUT2D eigenvalue weighted by Crippen LogP contribution is 2.33. The van der Waals surface area contributed by atoms with Crippen LogP contribution < -0.4 is 10.5 Å². The molecule has 4 nitrogen and oxygen atoms in total. The van der Waals surface area contributed by atoms with Crippen molar-refractivity contribution in [1.82, 2.24) is 0 Å². The van der Waals surface area contributed by atoms with Crippen molar-refractivity contribution in [2.75, 3.05) is 5.32 Å². The first-order chi connectivity index (χ1) is 9.30. The van der Waals surface area contributed by atoms with Crippen LogP contribution in [0.15, 0.2) is 23.1 Å². The van der Waals surface area contributed by atoms with Crippen LogP contribution in [0, 0.1) is 18.8 Å². The molecule has 112 valence electrons. The van der Waals surface area contributed by atoms with Crippen LogP contribution in [0.5, 0.6) is 0 Å². The van der Waals surface area contributed by atoms with E-state index in [1.807, 2.05) is 6.07 Å². The number of primary sulfonamides is 1. The molecule has 1 saturated carbocycles. The standard InChI is InChI=1S/C15H24N2O2S/c1-10-6-4-7-13(11(10)2)17-14-8-5-9-15(12(14)3)20(16,18)19/h5,8-11,13,17H,4,6-7H2,1-3H3,(H2,16,18,19). The molecule has 3 atom stereocenters. The fourth-order valence-electron chi connectivity index (χ4n) is 3.06. The van der Waals surface area contributed by atoms with E-state index in [9.17, 15) is 8.42 Å². The molecule has 2 rings (SSSR count). The van der Waals surface area contributed by atoms with Gasteiger partial charge in [-0.1, -0.05) is 32.8 Å². The van der Waals surface area contributed by atoms with Gasteiger partial charge in [-0.15, -0.1) is 0 Å². The van der Waals surface area contributed by atoms with Crippen molar-refractivity contribution >= 4 is 15.7 Å². The molecule has 0 radical (unpaired) electrons. The fraction of sp³-hybridized carbons (Fsp3) is 0.600. The van der Waals surface area contributed by atoms with Crippen LogP contribution in [0.3, 0.4) is 0 Å². The molecule has 1 aromatic carbocycles. The summed E-state index contributed by atoms with van der Waals surface area (Å²) in [5, 5.41) is 8.78. The molecule has 0 bridgehead atoms. The summed E-state index contributed by atoms with van der Waals surface area (Å²) in [6.07, 6.45) is 3.62. The topological polar surface area (TPSA) is 72.2 Å². The summed E-state index contributed by atoms with van der Waals surface area (Å²) in [6, 6.07) is 5.62. The molecule has 3 unspecified atom stereocenters. The van der Waals surface area contributed by atoms with E-state index in [1.165, 1.54) is 12.8 Å². The van der Waals surface area contributed by atoms with E-state index in [1.54, 1.807) is 19.1 Å². The second-order valence-corrected chi connectivity index (χ2v) is 7.52. The van der Waals surface area contributed by atoms with Crippen LogP contribution in [0.2, 0.25) is 0 Å². The smallest absolute Gasteiger partial charge is 0.238 e. The monoisotopic (exact) mass is 296 g/mol. The normalized spacial score (nSPS) is 27.3. The quantitative estimate of drug-likeness (QED) is 0.901. The zero-order chi connectivity index (χ0) is 14.9. The minimum Gasteiger partial charge on any atom is -0.382 e. The van der Waals surface area contributed by atoms with E-state index < -0.39 is 10.0 Å². The molecule has 0 aromatic heterocycles. The SMILES string of the molecule is Cc1c(NC2CCCC(C)C2C)cccc1S(N)(=O)=O. The van der Waals surface area contributed by atoms with Crippen LogP contribution in [-0.2, 0) is 10.0 Å². The number of hydrogen-bond acceptors (Lipinski definition) is 3. The summed E-state index contributed by atoms with van der Waals surface area (Å²) < 4.78 is 23.1. The Balaban J connectivity index is 2.26. The lowest BCUT2D eigenvalue weighted by molar-refractivity contribution is 0.253. The van der Waals surface area contributed by atoms with Crippen LogP contribution >= 0.6 is 0 Å². The molecule has 0 amide bonds. The lowest BCUT2D eigenvalue weighted by Gasteiger charge is -2.35. The van der Waals surface area contributed by atoms with Crippen LogP contribution in [-0.4, -0.2) is 14.5 Å². The van der Waals surface area contributed by atoms with Crippen molar-refractivity contribution < 1.29 is 8.42 Å². The molecule has 0 saturated heterocycles. The maximum Gasteiger partial charge on any atom is 0.238 e. The Bertz CT molecular complexity index is 584. The number of nitrogens with one attached hydrogen (secondary N) is 1. The molecule has 0 spiro atoms. The Kier molecular flexibility index (Phi) is 4.39. The van der Waals surface area contributed by atoms with Crippen molar-refractivity contribution in [1.29, 1.82) is 0 Å². The maximum atomic E-state index is 11.6. The minimum atomic E-state index is -3.66. The van der Waals surface area contributed by atoms with E-state index in [4.69, 9.17) is 5.14 Å². The third-order valence-corrected chi connectivity index (χ3v) is 5.69. The van der Waals surface area contributed by atoms with E-state index >= 15 is 0 Å². The van der Waals surface area contributed by atoms with Gasteiger partial charge in [0.05, 0.1) is 4.90 Å². The third kappa shape index (κ3) is 3.15. The summed E-state index contributed by atoms with van der Waals surface area (Å²) in [5.41, 5.74) is 1.59. The average Bonchev–Trinajstić information content (AvgIpc) is 2.36. The van der Waals surface area contributed by atoms with Gasteiger partial charge < -0.3 is 5.32 Å². The number of sulfonamides is 1. The number of nitrogens with two attached hydrogens (primary N) is 1. The third-order valence-electron chi connectivity index (χ3n) is 4.64.